The van der Waals surface area contributed by atoms with Crippen molar-refractivity contribution in [3.05, 3.63) is 93.6 Å². The highest BCUT2D eigenvalue weighted by Crippen LogP contribution is 2.40. The summed E-state index contributed by atoms with van der Waals surface area (Å²) in [5, 5.41) is 14.4. The number of fused-ring (bicyclic) bond motifs is 1. The van der Waals surface area contributed by atoms with Crippen LogP contribution in [0.25, 0.3) is 22.3 Å². The van der Waals surface area contributed by atoms with Crippen LogP contribution in [0.4, 0.5) is 0 Å². The van der Waals surface area contributed by atoms with Gasteiger partial charge in [0.25, 0.3) is 5.91 Å². The average Bonchev–Trinajstić information content (AvgIpc) is 3.04. The fraction of sp³-hybridized carbons (Fsp3) is 0.361. The summed E-state index contributed by atoms with van der Waals surface area (Å²) in [5.74, 6) is 1.41. The fourth-order valence-corrected chi connectivity index (χ4v) is 5.86. The molecule has 1 atom stereocenters. The second-order valence-electron chi connectivity index (χ2n) is 11.2. The third-order valence-corrected chi connectivity index (χ3v) is 8.49. The van der Waals surface area contributed by atoms with Gasteiger partial charge in [0.1, 0.15) is 5.76 Å². The molecule has 0 fully saturated rings. The number of nitrogens with zero attached hydrogens (tertiary/aromatic N) is 3. The summed E-state index contributed by atoms with van der Waals surface area (Å²) in [5.41, 5.74) is 1.82. The number of hydrazine groups is 1. The minimum Gasteiger partial charge on any atom is -0.493 e. The van der Waals surface area contributed by atoms with Gasteiger partial charge in [-0.1, -0.05) is 56.3 Å². The van der Waals surface area contributed by atoms with Crippen molar-refractivity contribution in [3.8, 4) is 28.9 Å². The maximum Gasteiger partial charge on any atom is 0.271 e. The van der Waals surface area contributed by atoms with E-state index < -0.39 is 5.41 Å². The Bertz CT molecular complexity index is 1720. The molecule has 4 aromatic rings. The molecule has 4 rings (SSSR count). The van der Waals surface area contributed by atoms with Crippen LogP contribution in [-0.2, 0) is 5.41 Å². The van der Waals surface area contributed by atoms with Crippen LogP contribution in [0.15, 0.2) is 75.9 Å². The van der Waals surface area contributed by atoms with E-state index in [1.54, 1.807) is 44.4 Å². The van der Waals surface area contributed by atoms with Gasteiger partial charge >= 0.3 is 0 Å². The van der Waals surface area contributed by atoms with Crippen molar-refractivity contribution < 1.29 is 18.7 Å². The molecule has 1 heterocycles. The standard InChI is InChI=1S/C36H41N3O5/c1-8-39(38(5)21-13-20-36(23-37,24(2)3)27-18-19-30(42-6)31(22-27)43-7)35(41)29-17-12-16-28-32(40)25(4)33(44-34(28)29)26-14-10-9-11-15-26/h9-12,14-19,22,24H,8,13,20-21H2,1-7H3. The molecule has 1 aromatic heterocycles. The zero-order chi connectivity index (χ0) is 32.0. The SMILES string of the molecule is CCN(C(=O)c1cccc2c(=O)c(C)c(-c3ccccc3)oc12)N(C)CCCC(C#N)(c1ccc(OC)c(OC)c1)C(C)C. The lowest BCUT2D eigenvalue weighted by Gasteiger charge is -2.34. The van der Waals surface area contributed by atoms with Crippen molar-refractivity contribution in [3.63, 3.8) is 0 Å². The van der Waals surface area contributed by atoms with E-state index in [0.29, 0.717) is 59.7 Å². The van der Waals surface area contributed by atoms with Crippen molar-refractivity contribution in [2.45, 2.75) is 46.0 Å². The first-order valence-electron chi connectivity index (χ1n) is 14.9. The summed E-state index contributed by atoms with van der Waals surface area (Å²) in [6.45, 7) is 8.69. The van der Waals surface area contributed by atoms with Gasteiger partial charge in [0.15, 0.2) is 22.5 Å². The monoisotopic (exact) mass is 595 g/mol. The summed E-state index contributed by atoms with van der Waals surface area (Å²) in [7, 11) is 5.03. The predicted molar refractivity (Wildman–Crippen MR) is 173 cm³/mol. The van der Waals surface area contributed by atoms with Crippen molar-refractivity contribution in [2.75, 3.05) is 34.4 Å². The molecule has 0 N–H and O–H groups in total. The Hall–Kier alpha value is -4.61. The van der Waals surface area contributed by atoms with Crippen LogP contribution in [-0.4, -0.2) is 50.3 Å². The molecule has 0 aliphatic heterocycles. The number of para-hydroxylation sites is 1. The van der Waals surface area contributed by atoms with E-state index >= 15 is 0 Å². The third kappa shape index (κ3) is 6.06. The molecule has 0 saturated heterocycles. The number of rotatable bonds is 12. The number of benzene rings is 3. The van der Waals surface area contributed by atoms with Gasteiger partial charge in [-0.3, -0.25) is 14.6 Å². The molecule has 0 radical (unpaired) electrons. The summed E-state index contributed by atoms with van der Waals surface area (Å²) >= 11 is 0. The van der Waals surface area contributed by atoms with Crippen LogP contribution in [0.1, 0.15) is 55.1 Å². The van der Waals surface area contributed by atoms with Gasteiger partial charge in [-0.15, -0.1) is 0 Å². The van der Waals surface area contributed by atoms with Crippen LogP contribution < -0.4 is 14.9 Å². The molecule has 8 nitrogen and oxygen atoms in total. The number of nitriles is 1. The van der Waals surface area contributed by atoms with E-state index in [0.717, 1.165) is 11.1 Å². The number of methoxy groups -OCH3 is 2. The lowest BCUT2D eigenvalue weighted by atomic mass is 9.69. The zero-order valence-electron chi connectivity index (χ0n) is 26.6. The van der Waals surface area contributed by atoms with Gasteiger partial charge in [0.2, 0.25) is 0 Å². The number of ether oxygens (including phenoxy) is 2. The maximum absolute atomic E-state index is 14.0. The Labute approximate surface area is 259 Å². The lowest BCUT2D eigenvalue weighted by Crippen LogP contribution is -2.45. The van der Waals surface area contributed by atoms with Gasteiger partial charge in [0, 0.05) is 31.3 Å². The molecule has 0 aliphatic carbocycles. The molecule has 0 spiro atoms. The second-order valence-corrected chi connectivity index (χ2v) is 11.2. The number of carbonyl (C=O) groups is 1. The first-order chi connectivity index (χ1) is 21.1. The van der Waals surface area contributed by atoms with Crippen LogP contribution in [0.5, 0.6) is 11.5 Å². The van der Waals surface area contributed by atoms with Crippen molar-refractivity contribution >= 4 is 16.9 Å². The first-order valence-corrected chi connectivity index (χ1v) is 14.9. The van der Waals surface area contributed by atoms with Gasteiger partial charge in [-0.25, -0.2) is 5.01 Å². The highest BCUT2D eigenvalue weighted by molar-refractivity contribution is 6.04. The highest BCUT2D eigenvalue weighted by atomic mass is 16.5. The molecule has 44 heavy (non-hydrogen) atoms. The van der Waals surface area contributed by atoms with Crippen LogP contribution in [0, 0.1) is 24.2 Å². The van der Waals surface area contributed by atoms with Gasteiger partial charge in [-0.2, -0.15) is 5.26 Å². The fourth-order valence-electron chi connectivity index (χ4n) is 5.86. The third-order valence-electron chi connectivity index (χ3n) is 8.49. The lowest BCUT2D eigenvalue weighted by molar-refractivity contribution is 0.00748. The Morgan fingerprint density at radius 3 is 2.34 bits per heavy atom. The maximum atomic E-state index is 14.0. The molecular weight excluding hydrogens is 554 g/mol. The molecule has 8 heteroatoms. The van der Waals surface area contributed by atoms with E-state index in [9.17, 15) is 14.9 Å². The average molecular weight is 596 g/mol. The number of carbonyl (C=O) groups excluding carboxylic acids is 1. The quantitative estimate of drug-likeness (QED) is 0.163. The molecule has 1 unspecified atom stereocenters. The summed E-state index contributed by atoms with van der Waals surface area (Å²) < 4.78 is 17.2. The molecule has 0 bridgehead atoms. The molecule has 3 aromatic carbocycles. The summed E-state index contributed by atoms with van der Waals surface area (Å²) in [6, 6.07) is 22.8. The molecule has 0 saturated carbocycles. The largest absolute Gasteiger partial charge is 0.493 e. The normalized spacial score (nSPS) is 12.6. The number of amides is 1. The second kappa shape index (κ2) is 13.8. The molecule has 230 valence electrons. The van der Waals surface area contributed by atoms with Crippen LogP contribution >= 0.6 is 0 Å². The van der Waals surface area contributed by atoms with Gasteiger partial charge in [0.05, 0.1) is 36.7 Å². The smallest absolute Gasteiger partial charge is 0.271 e. The summed E-state index contributed by atoms with van der Waals surface area (Å²) in [6.07, 6.45) is 1.23. The van der Waals surface area contributed by atoms with E-state index in [1.807, 2.05) is 81.4 Å². The van der Waals surface area contributed by atoms with Gasteiger partial charge in [-0.05, 0) is 62.4 Å². The summed E-state index contributed by atoms with van der Waals surface area (Å²) in [4.78, 5) is 27.3. The number of hydrogen-bond acceptors (Lipinski definition) is 7. The molecular formula is C36H41N3O5. The Morgan fingerprint density at radius 1 is 1.02 bits per heavy atom. The van der Waals surface area contributed by atoms with Gasteiger partial charge < -0.3 is 13.9 Å². The zero-order valence-corrected chi connectivity index (χ0v) is 26.6. The van der Waals surface area contributed by atoms with Crippen molar-refractivity contribution in [1.29, 1.82) is 5.26 Å². The van der Waals surface area contributed by atoms with Crippen LogP contribution in [0.2, 0.25) is 0 Å². The van der Waals surface area contributed by atoms with Crippen molar-refractivity contribution in [1.82, 2.24) is 10.0 Å². The van der Waals surface area contributed by atoms with E-state index in [-0.39, 0.29) is 22.8 Å². The molecule has 0 aliphatic rings. The minimum absolute atomic E-state index is 0.0284. The Kier molecular flexibility index (Phi) is 10.1. The Morgan fingerprint density at radius 2 is 1.73 bits per heavy atom. The first kappa shape index (κ1) is 32.3. The topological polar surface area (TPSA) is 96.0 Å². The minimum atomic E-state index is -0.758. The Balaban J connectivity index is 1.60. The van der Waals surface area contributed by atoms with Crippen LogP contribution in [0.3, 0.4) is 0 Å². The van der Waals surface area contributed by atoms with E-state index in [1.165, 1.54) is 0 Å². The molecule has 1 amide bonds. The highest BCUT2D eigenvalue weighted by Gasteiger charge is 2.36. The number of hydrogen-bond donors (Lipinski definition) is 0. The van der Waals surface area contributed by atoms with E-state index in [4.69, 9.17) is 13.9 Å². The predicted octanol–water partition coefficient (Wildman–Crippen LogP) is 6.99. The van der Waals surface area contributed by atoms with E-state index in [2.05, 4.69) is 6.07 Å². The van der Waals surface area contributed by atoms with Crippen molar-refractivity contribution in [2.24, 2.45) is 5.92 Å².